The zero-order chi connectivity index (χ0) is 19.8. The molecule has 3 unspecified atom stereocenters. The van der Waals surface area contributed by atoms with Crippen LogP contribution in [0.25, 0.3) is 0 Å². The van der Waals surface area contributed by atoms with Crippen molar-refractivity contribution in [2.75, 3.05) is 5.32 Å². The molecule has 0 spiro atoms. The van der Waals surface area contributed by atoms with Crippen molar-refractivity contribution < 1.29 is 9.53 Å². The highest BCUT2D eigenvalue weighted by atomic mass is 127. The Morgan fingerprint density at radius 3 is 2.59 bits per heavy atom. The molecule has 3 atom stereocenters. The fraction of sp³-hybridized carbons (Fsp3) is 0.160. The lowest BCUT2D eigenvalue weighted by molar-refractivity contribution is 0.0734. The van der Waals surface area contributed by atoms with E-state index in [1.165, 1.54) is 20.4 Å². The Balaban J connectivity index is 1.37. The summed E-state index contributed by atoms with van der Waals surface area (Å²) in [7, 11) is 0. The average molecular weight is 493 g/mol. The van der Waals surface area contributed by atoms with Crippen molar-refractivity contribution in [3.05, 3.63) is 105 Å². The minimum absolute atomic E-state index is 0.237. The molecule has 0 saturated carbocycles. The van der Waals surface area contributed by atoms with Gasteiger partial charge in [-0.25, -0.2) is 4.79 Å². The zero-order valence-corrected chi connectivity index (χ0v) is 17.9. The quantitative estimate of drug-likeness (QED) is 0.200. The van der Waals surface area contributed by atoms with E-state index in [1.807, 2.05) is 30.3 Å². The third kappa shape index (κ3) is 3.57. The highest BCUT2D eigenvalue weighted by Crippen LogP contribution is 2.50. The van der Waals surface area contributed by atoms with Crippen LogP contribution in [-0.2, 0) is 0 Å². The second-order valence-corrected chi connectivity index (χ2v) is 8.78. The van der Waals surface area contributed by atoms with Gasteiger partial charge in [-0.1, -0.05) is 42.5 Å². The van der Waals surface area contributed by atoms with Crippen LogP contribution in [0.1, 0.15) is 39.9 Å². The molecule has 2 aliphatic rings. The van der Waals surface area contributed by atoms with Gasteiger partial charge in [-0.3, -0.25) is 0 Å². The SMILES string of the molecule is O=C(Oc1ccc(C2Nc3ccc(I)cc3C3C=CCC32)cc1)c1ccccc1. The van der Waals surface area contributed by atoms with Gasteiger partial charge in [0.1, 0.15) is 5.75 Å². The van der Waals surface area contributed by atoms with E-state index in [0.717, 1.165) is 6.42 Å². The highest BCUT2D eigenvalue weighted by molar-refractivity contribution is 14.1. The Hall–Kier alpha value is -2.60. The number of allylic oxidation sites excluding steroid dienone is 2. The summed E-state index contributed by atoms with van der Waals surface area (Å²) in [4.78, 5) is 12.3. The van der Waals surface area contributed by atoms with Gasteiger partial charge in [0, 0.05) is 15.2 Å². The van der Waals surface area contributed by atoms with Gasteiger partial charge in [0.15, 0.2) is 0 Å². The Bertz CT molecular complexity index is 1080. The molecule has 0 radical (unpaired) electrons. The normalized spacial score (nSPS) is 21.8. The summed E-state index contributed by atoms with van der Waals surface area (Å²) in [5.74, 6) is 1.17. The maximum Gasteiger partial charge on any atom is 0.343 e. The van der Waals surface area contributed by atoms with Gasteiger partial charge in [0.25, 0.3) is 0 Å². The molecule has 0 bridgehead atoms. The van der Waals surface area contributed by atoms with Crippen LogP contribution in [0.3, 0.4) is 0 Å². The highest BCUT2D eigenvalue weighted by Gasteiger charge is 2.37. The summed E-state index contributed by atoms with van der Waals surface area (Å²) in [6, 6.07) is 23.8. The lowest BCUT2D eigenvalue weighted by Gasteiger charge is -2.37. The molecule has 3 aromatic carbocycles. The monoisotopic (exact) mass is 493 g/mol. The number of carbonyl (C=O) groups is 1. The van der Waals surface area contributed by atoms with Crippen molar-refractivity contribution >= 4 is 34.2 Å². The summed E-state index contributed by atoms with van der Waals surface area (Å²) in [6.07, 6.45) is 5.72. The fourth-order valence-corrected chi connectivity index (χ4v) is 4.89. The van der Waals surface area contributed by atoms with Gasteiger partial charge >= 0.3 is 5.97 Å². The Morgan fingerprint density at radius 2 is 1.79 bits per heavy atom. The first kappa shape index (κ1) is 18.4. The largest absolute Gasteiger partial charge is 0.423 e. The molecule has 29 heavy (non-hydrogen) atoms. The Kier molecular flexibility index (Phi) is 4.87. The lowest BCUT2D eigenvalue weighted by Crippen LogP contribution is -2.29. The molecule has 3 aromatic rings. The average Bonchev–Trinajstić information content (AvgIpc) is 3.25. The van der Waals surface area contributed by atoms with Crippen LogP contribution in [0.4, 0.5) is 5.69 Å². The predicted octanol–water partition coefficient (Wildman–Crippen LogP) is 6.34. The topological polar surface area (TPSA) is 38.3 Å². The van der Waals surface area contributed by atoms with Crippen LogP contribution in [0.15, 0.2) is 84.9 Å². The van der Waals surface area contributed by atoms with Crippen LogP contribution in [0, 0.1) is 9.49 Å². The van der Waals surface area contributed by atoms with Crippen molar-refractivity contribution in [2.24, 2.45) is 5.92 Å². The van der Waals surface area contributed by atoms with Gasteiger partial charge in [-0.15, -0.1) is 0 Å². The molecule has 0 amide bonds. The van der Waals surface area contributed by atoms with Crippen LogP contribution in [0.2, 0.25) is 0 Å². The molecule has 1 aliphatic heterocycles. The minimum atomic E-state index is -0.335. The second-order valence-electron chi connectivity index (χ2n) is 7.53. The number of anilines is 1. The Labute approximate surface area is 183 Å². The van der Waals surface area contributed by atoms with Crippen molar-refractivity contribution in [3.8, 4) is 5.75 Å². The van der Waals surface area contributed by atoms with Crippen LogP contribution >= 0.6 is 22.6 Å². The van der Waals surface area contributed by atoms with Crippen molar-refractivity contribution in [1.82, 2.24) is 0 Å². The number of esters is 1. The fourth-order valence-electron chi connectivity index (χ4n) is 4.38. The molecule has 5 rings (SSSR count). The van der Waals surface area contributed by atoms with Gasteiger partial charge in [0.2, 0.25) is 0 Å². The molecule has 3 nitrogen and oxygen atoms in total. The summed E-state index contributed by atoms with van der Waals surface area (Å²) < 4.78 is 6.80. The molecular formula is C25H20INO2. The molecule has 144 valence electrons. The van der Waals surface area contributed by atoms with Gasteiger partial charge in [-0.05, 0) is 88.5 Å². The first-order valence-corrected chi connectivity index (χ1v) is 10.9. The van der Waals surface area contributed by atoms with E-state index in [9.17, 15) is 4.79 Å². The molecule has 1 heterocycles. The van der Waals surface area contributed by atoms with E-state index in [2.05, 4.69) is 70.4 Å². The summed E-state index contributed by atoms with van der Waals surface area (Å²) in [5.41, 5.74) is 4.37. The van der Waals surface area contributed by atoms with Crippen LogP contribution in [0.5, 0.6) is 5.75 Å². The summed E-state index contributed by atoms with van der Waals surface area (Å²) in [6.45, 7) is 0. The Morgan fingerprint density at radius 1 is 1.00 bits per heavy atom. The van der Waals surface area contributed by atoms with E-state index in [1.54, 1.807) is 12.1 Å². The first-order chi connectivity index (χ1) is 14.2. The van der Waals surface area contributed by atoms with E-state index < -0.39 is 0 Å². The number of halogens is 1. The van der Waals surface area contributed by atoms with E-state index >= 15 is 0 Å². The molecule has 1 N–H and O–H groups in total. The third-order valence-corrected chi connectivity index (χ3v) is 6.46. The van der Waals surface area contributed by atoms with Crippen molar-refractivity contribution in [1.29, 1.82) is 0 Å². The van der Waals surface area contributed by atoms with Crippen LogP contribution < -0.4 is 10.1 Å². The van der Waals surface area contributed by atoms with Crippen molar-refractivity contribution in [2.45, 2.75) is 18.4 Å². The lowest BCUT2D eigenvalue weighted by atomic mass is 9.77. The van der Waals surface area contributed by atoms with E-state index in [0.29, 0.717) is 23.1 Å². The number of ether oxygens (including phenoxy) is 1. The number of nitrogens with one attached hydrogen (secondary N) is 1. The zero-order valence-electron chi connectivity index (χ0n) is 15.7. The first-order valence-electron chi connectivity index (χ1n) is 9.79. The molecule has 0 aromatic heterocycles. The maximum atomic E-state index is 12.3. The minimum Gasteiger partial charge on any atom is -0.423 e. The molecule has 0 fully saturated rings. The standard InChI is InChI=1S/C25H20INO2/c26-18-11-14-23-22(15-18)20-7-4-8-21(20)24(27-23)16-9-12-19(13-10-16)29-25(28)17-5-2-1-3-6-17/h1-7,9-15,20-21,24,27H,8H2. The number of rotatable bonds is 3. The number of hydrogen-bond acceptors (Lipinski definition) is 3. The van der Waals surface area contributed by atoms with E-state index in [4.69, 9.17) is 4.74 Å². The smallest absolute Gasteiger partial charge is 0.343 e. The number of carbonyl (C=O) groups excluding carboxylic acids is 1. The van der Waals surface area contributed by atoms with Crippen LogP contribution in [-0.4, -0.2) is 5.97 Å². The van der Waals surface area contributed by atoms with Crippen molar-refractivity contribution in [3.63, 3.8) is 0 Å². The molecule has 0 saturated heterocycles. The third-order valence-electron chi connectivity index (χ3n) is 5.78. The number of fused-ring (bicyclic) bond motifs is 3. The molecule has 1 aliphatic carbocycles. The number of hydrogen-bond donors (Lipinski definition) is 1. The number of benzene rings is 3. The van der Waals surface area contributed by atoms with Gasteiger partial charge in [0.05, 0.1) is 11.6 Å². The maximum absolute atomic E-state index is 12.3. The second kappa shape index (κ2) is 7.67. The summed E-state index contributed by atoms with van der Waals surface area (Å²) in [5, 5.41) is 3.75. The van der Waals surface area contributed by atoms with Gasteiger partial charge in [-0.2, -0.15) is 0 Å². The van der Waals surface area contributed by atoms with E-state index in [-0.39, 0.29) is 12.0 Å². The summed E-state index contributed by atoms with van der Waals surface area (Å²) >= 11 is 2.38. The molecule has 4 heteroatoms. The van der Waals surface area contributed by atoms with Gasteiger partial charge < -0.3 is 10.1 Å². The molecular weight excluding hydrogens is 473 g/mol. The predicted molar refractivity (Wildman–Crippen MR) is 123 cm³/mol.